The Morgan fingerprint density at radius 3 is 2.36 bits per heavy atom. The van der Waals surface area contributed by atoms with Gasteiger partial charge in [0, 0.05) is 43.5 Å². The number of thioether (sulfide) groups is 1. The molecule has 1 aliphatic rings. The summed E-state index contributed by atoms with van der Waals surface area (Å²) in [6, 6.07) is 7.87. The smallest absolute Gasteiger partial charge is 0.314 e. The maximum Gasteiger partial charge on any atom is 0.389 e. The summed E-state index contributed by atoms with van der Waals surface area (Å²) in [4.78, 5) is 3.34. The molecule has 0 spiro atoms. The van der Waals surface area contributed by atoms with Crippen molar-refractivity contribution in [1.29, 1.82) is 0 Å². The van der Waals surface area contributed by atoms with Crippen LogP contribution in [-0.4, -0.2) is 43.0 Å². The van der Waals surface area contributed by atoms with Gasteiger partial charge in [0.25, 0.3) is 0 Å². The van der Waals surface area contributed by atoms with Crippen molar-refractivity contribution in [3.63, 3.8) is 0 Å². The maximum absolute atomic E-state index is 12.6. The van der Waals surface area contributed by atoms with Gasteiger partial charge < -0.3 is 5.32 Å². The van der Waals surface area contributed by atoms with Gasteiger partial charge >= 0.3 is 6.18 Å². The lowest BCUT2D eigenvalue weighted by molar-refractivity contribution is -0.138. The first-order valence-corrected chi connectivity index (χ1v) is 8.72. The van der Waals surface area contributed by atoms with Crippen LogP contribution in [-0.2, 0) is 0 Å². The molecule has 0 bridgehead atoms. The van der Waals surface area contributed by atoms with E-state index in [4.69, 9.17) is 0 Å². The van der Waals surface area contributed by atoms with Gasteiger partial charge in [-0.05, 0) is 29.9 Å². The van der Waals surface area contributed by atoms with Crippen LogP contribution in [0.3, 0.4) is 0 Å². The van der Waals surface area contributed by atoms with Crippen molar-refractivity contribution in [3.05, 3.63) is 29.8 Å². The number of benzene rings is 1. The Bertz CT molecular complexity index is 442. The van der Waals surface area contributed by atoms with E-state index < -0.39 is 12.6 Å². The van der Waals surface area contributed by atoms with Gasteiger partial charge in [-0.15, -0.1) is 11.8 Å². The van der Waals surface area contributed by atoms with E-state index in [2.05, 4.69) is 17.1 Å². The Balaban J connectivity index is 2.11. The molecule has 1 saturated heterocycles. The second-order valence-electron chi connectivity index (χ2n) is 5.46. The van der Waals surface area contributed by atoms with Crippen molar-refractivity contribution in [1.82, 2.24) is 10.2 Å². The van der Waals surface area contributed by atoms with Gasteiger partial charge in [-0.2, -0.15) is 13.2 Å². The van der Waals surface area contributed by atoms with Crippen molar-refractivity contribution in [2.45, 2.75) is 36.9 Å². The van der Waals surface area contributed by atoms with E-state index in [1.807, 2.05) is 24.3 Å². The Kier molecular flexibility index (Phi) is 6.59. The number of hydrogen-bond acceptors (Lipinski definition) is 3. The van der Waals surface area contributed by atoms with Crippen molar-refractivity contribution in [3.8, 4) is 0 Å². The van der Waals surface area contributed by atoms with Crippen LogP contribution in [0, 0.1) is 0 Å². The summed E-state index contributed by atoms with van der Waals surface area (Å²) in [7, 11) is 0. The Morgan fingerprint density at radius 1 is 1.18 bits per heavy atom. The molecule has 0 radical (unpaired) electrons. The first kappa shape index (κ1) is 17.6. The molecule has 1 heterocycles. The van der Waals surface area contributed by atoms with Crippen LogP contribution in [0.2, 0.25) is 0 Å². The van der Waals surface area contributed by atoms with E-state index in [-0.39, 0.29) is 12.5 Å². The molecule has 1 aliphatic heterocycles. The van der Waals surface area contributed by atoms with Crippen LogP contribution < -0.4 is 5.32 Å². The SMILES string of the molecule is CCSc1ccc([C@H](CCC(F)(F)F)N2CCNCC2)cc1. The van der Waals surface area contributed by atoms with Gasteiger partial charge in [0.2, 0.25) is 0 Å². The second kappa shape index (κ2) is 8.22. The predicted molar refractivity (Wildman–Crippen MR) is 85.3 cm³/mol. The fraction of sp³-hybridized carbons (Fsp3) is 0.625. The number of hydrogen-bond donors (Lipinski definition) is 1. The summed E-state index contributed by atoms with van der Waals surface area (Å²) < 4.78 is 37.9. The van der Waals surface area contributed by atoms with Crippen LogP contribution in [0.4, 0.5) is 13.2 Å². The molecule has 0 unspecified atom stereocenters. The molecule has 22 heavy (non-hydrogen) atoms. The van der Waals surface area contributed by atoms with E-state index in [9.17, 15) is 13.2 Å². The van der Waals surface area contributed by atoms with Crippen LogP contribution in [0.25, 0.3) is 0 Å². The molecular formula is C16H23F3N2S. The Labute approximate surface area is 134 Å². The molecule has 124 valence electrons. The summed E-state index contributed by atoms with van der Waals surface area (Å²) in [6.45, 7) is 5.37. The average molecular weight is 332 g/mol. The van der Waals surface area contributed by atoms with E-state index >= 15 is 0 Å². The normalized spacial score (nSPS) is 18.4. The summed E-state index contributed by atoms with van der Waals surface area (Å²) in [5, 5.41) is 3.25. The summed E-state index contributed by atoms with van der Waals surface area (Å²) in [5.41, 5.74) is 0.992. The molecule has 0 aromatic heterocycles. The standard InChI is InChI=1S/C16H23F3N2S/c1-2-22-14-5-3-13(4-6-14)15(7-8-16(17,18)19)21-11-9-20-10-12-21/h3-6,15,20H,2,7-12H2,1H3/t15-/m0/s1. The maximum atomic E-state index is 12.6. The van der Waals surface area contributed by atoms with E-state index in [0.717, 1.165) is 37.5 Å². The molecular weight excluding hydrogens is 309 g/mol. The summed E-state index contributed by atoms with van der Waals surface area (Å²) in [5.74, 6) is 0.995. The van der Waals surface area contributed by atoms with Gasteiger partial charge in [0.15, 0.2) is 0 Å². The zero-order chi connectivity index (χ0) is 16.0. The molecule has 0 saturated carbocycles. The monoisotopic (exact) mass is 332 g/mol. The fourth-order valence-electron chi connectivity index (χ4n) is 2.81. The lowest BCUT2D eigenvalue weighted by Gasteiger charge is -2.35. The highest BCUT2D eigenvalue weighted by atomic mass is 32.2. The molecule has 1 N–H and O–H groups in total. The van der Waals surface area contributed by atoms with Gasteiger partial charge in [0.1, 0.15) is 0 Å². The van der Waals surface area contributed by atoms with Crippen molar-refractivity contribution in [2.75, 3.05) is 31.9 Å². The number of alkyl halides is 3. The molecule has 2 nitrogen and oxygen atoms in total. The lowest BCUT2D eigenvalue weighted by atomic mass is 9.99. The minimum atomic E-state index is -4.09. The number of piperazine rings is 1. The van der Waals surface area contributed by atoms with Crippen LogP contribution >= 0.6 is 11.8 Å². The van der Waals surface area contributed by atoms with Crippen LogP contribution in [0.5, 0.6) is 0 Å². The zero-order valence-corrected chi connectivity index (χ0v) is 13.6. The number of rotatable bonds is 6. The average Bonchev–Trinajstić information content (AvgIpc) is 2.49. The fourth-order valence-corrected chi connectivity index (χ4v) is 3.47. The first-order valence-electron chi connectivity index (χ1n) is 7.74. The van der Waals surface area contributed by atoms with E-state index in [0.29, 0.717) is 0 Å². The molecule has 2 rings (SSSR count). The highest BCUT2D eigenvalue weighted by molar-refractivity contribution is 7.99. The number of halogens is 3. The summed E-state index contributed by atoms with van der Waals surface area (Å²) in [6.07, 6.45) is -4.69. The second-order valence-corrected chi connectivity index (χ2v) is 6.80. The van der Waals surface area contributed by atoms with Gasteiger partial charge in [-0.3, -0.25) is 4.90 Å². The zero-order valence-electron chi connectivity index (χ0n) is 12.8. The minimum absolute atomic E-state index is 0.129. The molecule has 0 amide bonds. The molecule has 6 heteroatoms. The van der Waals surface area contributed by atoms with E-state index in [1.165, 1.54) is 4.90 Å². The van der Waals surface area contributed by atoms with E-state index in [1.54, 1.807) is 11.8 Å². The largest absolute Gasteiger partial charge is 0.389 e. The first-order chi connectivity index (χ1) is 10.5. The highest BCUT2D eigenvalue weighted by Gasteiger charge is 2.31. The minimum Gasteiger partial charge on any atom is -0.314 e. The summed E-state index contributed by atoms with van der Waals surface area (Å²) >= 11 is 1.75. The predicted octanol–water partition coefficient (Wildman–Crippen LogP) is 4.09. The van der Waals surface area contributed by atoms with Crippen molar-refractivity contribution in [2.24, 2.45) is 0 Å². The van der Waals surface area contributed by atoms with Gasteiger partial charge in [0.05, 0.1) is 0 Å². The number of nitrogens with zero attached hydrogens (tertiary/aromatic N) is 1. The third kappa shape index (κ3) is 5.48. The lowest BCUT2D eigenvalue weighted by Crippen LogP contribution is -2.45. The third-order valence-corrected chi connectivity index (χ3v) is 4.76. The number of nitrogens with one attached hydrogen (secondary N) is 1. The van der Waals surface area contributed by atoms with Crippen LogP contribution in [0.15, 0.2) is 29.2 Å². The third-order valence-electron chi connectivity index (χ3n) is 3.87. The highest BCUT2D eigenvalue weighted by Crippen LogP contribution is 2.32. The van der Waals surface area contributed by atoms with Crippen molar-refractivity contribution < 1.29 is 13.2 Å². The van der Waals surface area contributed by atoms with Crippen molar-refractivity contribution >= 4 is 11.8 Å². The molecule has 1 aromatic rings. The quantitative estimate of drug-likeness (QED) is 0.790. The molecule has 0 aliphatic carbocycles. The topological polar surface area (TPSA) is 15.3 Å². The van der Waals surface area contributed by atoms with Crippen LogP contribution in [0.1, 0.15) is 31.4 Å². The Hall–Kier alpha value is -0.720. The Morgan fingerprint density at radius 2 is 1.82 bits per heavy atom. The molecule has 1 aromatic carbocycles. The van der Waals surface area contributed by atoms with Gasteiger partial charge in [-0.25, -0.2) is 0 Å². The molecule has 1 atom stereocenters. The van der Waals surface area contributed by atoms with Gasteiger partial charge in [-0.1, -0.05) is 19.1 Å². The molecule has 1 fully saturated rings.